The monoisotopic (exact) mass is 283 g/mol. The smallest absolute Gasteiger partial charge is 0.251 e. The predicted molar refractivity (Wildman–Crippen MR) is 79.7 cm³/mol. The average Bonchev–Trinajstić information content (AvgIpc) is 2.35. The minimum atomic E-state index is -0.115. The number of amides is 1. The molecule has 4 nitrogen and oxygen atoms in total. The summed E-state index contributed by atoms with van der Waals surface area (Å²) in [6.07, 6.45) is 0. The maximum atomic E-state index is 12.1. The van der Waals surface area contributed by atoms with E-state index in [4.69, 9.17) is 11.6 Å². The van der Waals surface area contributed by atoms with Gasteiger partial charge in [0.15, 0.2) is 0 Å². The van der Waals surface area contributed by atoms with Gasteiger partial charge < -0.3 is 10.6 Å². The fourth-order valence-corrected chi connectivity index (χ4v) is 1.70. The molecule has 1 heterocycles. The molecule has 0 aromatic carbocycles. The third kappa shape index (κ3) is 5.07. The third-order valence-corrected chi connectivity index (χ3v) is 3.33. The van der Waals surface area contributed by atoms with Gasteiger partial charge in [-0.25, -0.2) is 4.98 Å². The standard InChI is InChI=1S/C14H22ClN3O/c1-5-16-13-7-11(6-12(15)18-13)14(19)17-8-10(4)9(2)3/h6-7,9-10H,5,8H2,1-4H3,(H,16,18)(H,17,19). The minimum Gasteiger partial charge on any atom is -0.370 e. The lowest BCUT2D eigenvalue weighted by Crippen LogP contribution is -2.30. The highest BCUT2D eigenvalue weighted by Crippen LogP contribution is 2.15. The second-order valence-electron chi connectivity index (χ2n) is 5.03. The molecule has 0 fully saturated rings. The van der Waals surface area contributed by atoms with Gasteiger partial charge in [0.1, 0.15) is 11.0 Å². The number of pyridine rings is 1. The number of hydrogen-bond donors (Lipinski definition) is 2. The van der Waals surface area contributed by atoms with E-state index in [2.05, 4.69) is 36.4 Å². The molecular formula is C14H22ClN3O. The van der Waals surface area contributed by atoms with Crippen molar-refractivity contribution in [3.05, 3.63) is 22.8 Å². The SMILES string of the molecule is CCNc1cc(C(=O)NCC(C)C(C)C)cc(Cl)n1. The van der Waals surface area contributed by atoms with E-state index >= 15 is 0 Å². The van der Waals surface area contributed by atoms with Crippen LogP contribution in [0.4, 0.5) is 5.82 Å². The molecule has 0 radical (unpaired) electrons. The van der Waals surface area contributed by atoms with Crippen molar-refractivity contribution in [2.24, 2.45) is 11.8 Å². The molecule has 0 saturated carbocycles. The average molecular weight is 284 g/mol. The molecule has 1 aromatic heterocycles. The number of halogens is 1. The van der Waals surface area contributed by atoms with Crippen molar-refractivity contribution in [3.8, 4) is 0 Å². The molecule has 1 aromatic rings. The highest BCUT2D eigenvalue weighted by molar-refractivity contribution is 6.29. The summed E-state index contributed by atoms with van der Waals surface area (Å²) in [6.45, 7) is 9.76. The van der Waals surface area contributed by atoms with Crippen molar-refractivity contribution in [1.82, 2.24) is 10.3 Å². The predicted octanol–water partition coefficient (Wildman–Crippen LogP) is 3.19. The number of anilines is 1. The molecule has 106 valence electrons. The number of rotatable bonds is 6. The molecule has 1 atom stereocenters. The van der Waals surface area contributed by atoms with Crippen LogP contribution in [-0.2, 0) is 0 Å². The van der Waals surface area contributed by atoms with Gasteiger partial charge in [0, 0.05) is 18.7 Å². The van der Waals surface area contributed by atoms with Gasteiger partial charge in [-0.1, -0.05) is 32.4 Å². The third-order valence-electron chi connectivity index (χ3n) is 3.14. The van der Waals surface area contributed by atoms with Crippen molar-refractivity contribution in [2.45, 2.75) is 27.7 Å². The van der Waals surface area contributed by atoms with Crippen LogP contribution in [0.25, 0.3) is 0 Å². The van der Waals surface area contributed by atoms with Gasteiger partial charge in [-0.2, -0.15) is 0 Å². The number of carbonyl (C=O) groups is 1. The van der Waals surface area contributed by atoms with Crippen LogP contribution in [0.1, 0.15) is 38.1 Å². The Balaban J connectivity index is 2.71. The number of nitrogens with one attached hydrogen (secondary N) is 2. The van der Waals surface area contributed by atoms with E-state index in [9.17, 15) is 4.79 Å². The van der Waals surface area contributed by atoms with E-state index in [1.807, 2.05) is 6.92 Å². The molecular weight excluding hydrogens is 262 g/mol. The van der Waals surface area contributed by atoms with E-state index in [1.54, 1.807) is 12.1 Å². The summed E-state index contributed by atoms with van der Waals surface area (Å²) in [4.78, 5) is 16.2. The zero-order valence-corrected chi connectivity index (χ0v) is 12.7. The van der Waals surface area contributed by atoms with Crippen LogP contribution >= 0.6 is 11.6 Å². The Morgan fingerprint density at radius 2 is 2.05 bits per heavy atom. The molecule has 1 unspecified atom stereocenters. The number of nitrogens with zero attached hydrogens (tertiary/aromatic N) is 1. The molecule has 2 N–H and O–H groups in total. The van der Waals surface area contributed by atoms with E-state index < -0.39 is 0 Å². The van der Waals surface area contributed by atoms with Gasteiger partial charge in [-0.3, -0.25) is 4.79 Å². The summed E-state index contributed by atoms with van der Waals surface area (Å²) < 4.78 is 0. The summed E-state index contributed by atoms with van der Waals surface area (Å²) in [7, 11) is 0. The second-order valence-corrected chi connectivity index (χ2v) is 5.41. The van der Waals surface area contributed by atoms with Crippen molar-refractivity contribution in [2.75, 3.05) is 18.4 Å². The Hall–Kier alpha value is -1.29. The molecule has 1 amide bonds. The number of hydrogen-bond acceptors (Lipinski definition) is 3. The van der Waals surface area contributed by atoms with Gasteiger partial charge in [0.2, 0.25) is 0 Å². The molecule has 0 bridgehead atoms. The van der Waals surface area contributed by atoms with Crippen LogP contribution in [0.5, 0.6) is 0 Å². The summed E-state index contributed by atoms with van der Waals surface area (Å²) in [6, 6.07) is 3.29. The van der Waals surface area contributed by atoms with E-state index in [-0.39, 0.29) is 5.91 Å². The lowest BCUT2D eigenvalue weighted by Gasteiger charge is -2.16. The molecule has 0 aliphatic heterocycles. The van der Waals surface area contributed by atoms with Gasteiger partial charge in [0.25, 0.3) is 5.91 Å². The zero-order valence-electron chi connectivity index (χ0n) is 12.0. The minimum absolute atomic E-state index is 0.115. The second kappa shape index (κ2) is 7.34. The lowest BCUT2D eigenvalue weighted by atomic mass is 9.98. The van der Waals surface area contributed by atoms with Gasteiger partial charge in [-0.05, 0) is 30.9 Å². The molecule has 19 heavy (non-hydrogen) atoms. The molecule has 5 heteroatoms. The normalized spacial score (nSPS) is 12.3. The molecule has 0 aliphatic carbocycles. The first-order valence-corrected chi connectivity index (χ1v) is 7.01. The highest BCUT2D eigenvalue weighted by atomic mass is 35.5. The quantitative estimate of drug-likeness (QED) is 0.789. The molecule has 0 saturated heterocycles. The van der Waals surface area contributed by atoms with Crippen LogP contribution in [0, 0.1) is 11.8 Å². The van der Waals surface area contributed by atoms with Crippen LogP contribution in [-0.4, -0.2) is 24.0 Å². The van der Waals surface area contributed by atoms with Crippen LogP contribution in [0.2, 0.25) is 5.15 Å². The van der Waals surface area contributed by atoms with Gasteiger partial charge >= 0.3 is 0 Å². The molecule has 1 rings (SSSR count). The van der Waals surface area contributed by atoms with E-state index in [0.29, 0.717) is 34.9 Å². The fraction of sp³-hybridized carbons (Fsp3) is 0.571. The number of carbonyl (C=O) groups excluding carboxylic acids is 1. The Morgan fingerprint density at radius 3 is 2.63 bits per heavy atom. The van der Waals surface area contributed by atoms with Crippen LogP contribution in [0.3, 0.4) is 0 Å². The summed E-state index contributed by atoms with van der Waals surface area (Å²) in [5.41, 5.74) is 0.534. The molecule has 0 aliphatic rings. The van der Waals surface area contributed by atoms with Crippen molar-refractivity contribution in [1.29, 1.82) is 0 Å². The Bertz CT molecular complexity index is 435. The topological polar surface area (TPSA) is 54.0 Å². The summed E-state index contributed by atoms with van der Waals surface area (Å²) in [5, 5.41) is 6.29. The largest absolute Gasteiger partial charge is 0.370 e. The van der Waals surface area contributed by atoms with E-state index in [0.717, 1.165) is 6.54 Å². The van der Waals surface area contributed by atoms with Crippen molar-refractivity contribution < 1.29 is 4.79 Å². The maximum absolute atomic E-state index is 12.1. The first-order chi connectivity index (χ1) is 8.93. The van der Waals surface area contributed by atoms with Crippen molar-refractivity contribution in [3.63, 3.8) is 0 Å². The first kappa shape index (κ1) is 15.8. The summed E-state index contributed by atoms with van der Waals surface area (Å²) >= 11 is 5.91. The number of aromatic nitrogens is 1. The zero-order chi connectivity index (χ0) is 14.4. The van der Waals surface area contributed by atoms with Crippen LogP contribution < -0.4 is 10.6 Å². The van der Waals surface area contributed by atoms with Gasteiger partial charge in [-0.15, -0.1) is 0 Å². The Labute approximate surface area is 120 Å². The highest BCUT2D eigenvalue weighted by Gasteiger charge is 2.12. The molecule has 0 spiro atoms. The Morgan fingerprint density at radius 1 is 1.37 bits per heavy atom. The summed E-state index contributed by atoms with van der Waals surface area (Å²) in [5.74, 6) is 1.49. The van der Waals surface area contributed by atoms with Crippen LogP contribution in [0.15, 0.2) is 12.1 Å². The first-order valence-electron chi connectivity index (χ1n) is 6.63. The van der Waals surface area contributed by atoms with E-state index in [1.165, 1.54) is 0 Å². The van der Waals surface area contributed by atoms with Crippen molar-refractivity contribution >= 4 is 23.3 Å². The van der Waals surface area contributed by atoms with Gasteiger partial charge in [0.05, 0.1) is 0 Å². The maximum Gasteiger partial charge on any atom is 0.251 e. The Kier molecular flexibility index (Phi) is 6.09. The lowest BCUT2D eigenvalue weighted by molar-refractivity contribution is 0.0945. The fourth-order valence-electron chi connectivity index (χ4n) is 1.49.